The first-order valence-electron chi connectivity index (χ1n) is 6.13. The molecule has 18 heavy (non-hydrogen) atoms. The fraction of sp³-hybridized carbons (Fsp3) is 0.385. The third-order valence-electron chi connectivity index (χ3n) is 3.13. The summed E-state index contributed by atoms with van der Waals surface area (Å²) in [5.74, 6) is 1.33. The van der Waals surface area contributed by atoms with Gasteiger partial charge in [0.1, 0.15) is 11.6 Å². The maximum Gasteiger partial charge on any atom is 0.142 e. The van der Waals surface area contributed by atoms with Gasteiger partial charge in [0, 0.05) is 18.3 Å². The molecule has 1 fully saturated rings. The van der Waals surface area contributed by atoms with E-state index >= 15 is 0 Å². The van der Waals surface area contributed by atoms with Crippen molar-refractivity contribution in [1.82, 2.24) is 14.6 Å². The maximum absolute atomic E-state index is 13.1. The molecule has 4 nitrogen and oxygen atoms in total. The summed E-state index contributed by atoms with van der Waals surface area (Å²) in [6.07, 6.45) is 7.31. The second kappa shape index (κ2) is 4.40. The first-order valence-corrected chi connectivity index (χ1v) is 6.13. The highest BCUT2D eigenvalue weighted by Gasteiger charge is 2.21. The number of hydrogen-bond acceptors (Lipinski definition) is 3. The maximum atomic E-state index is 13.1. The lowest BCUT2D eigenvalue weighted by molar-refractivity contribution is 0.622. The number of aryl methyl sites for hydroxylation is 1. The highest BCUT2D eigenvalue weighted by Crippen LogP contribution is 2.28. The molecule has 1 aliphatic carbocycles. The number of nitrogens with one attached hydrogen (secondary N) is 1. The minimum atomic E-state index is -0.342. The summed E-state index contributed by atoms with van der Waals surface area (Å²) in [7, 11) is 0. The Morgan fingerprint density at radius 3 is 3.00 bits per heavy atom. The molecule has 1 aliphatic rings. The molecule has 5 heteroatoms. The zero-order valence-electron chi connectivity index (χ0n) is 10.2. The van der Waals surface area contributed by atoms with Crippen LogP contribution in [0.15, 0.2) is 24.7 Å². The van der Waals surface area contributed by atoms with Crippen molar-refractivity contribution in [3.8, 4) is 11.3 Å². The minimum Gasteiger partial charge on any atom is -0.324 e. The molecule has 0 atom stereocenters. The van der Waals surface area contributed by atoms with Crippen molar-refractivity contribution in [1.29, 1.82) is 0 Å². The fourth-order valence-corrected chi connectivity index (χ4v) is 1.87. The molecular weight excluding hydrogens is 231 g/mol. The van der Waals surface area contributed by atoms with Gasteiger partial charge in [-0.15, -0.1) is 0 Å². The first-order chi connectivity index (χ1) is 8.72. The van der Waals surface area contributed by atoms with Gasteiger partial charge in [0.15, 0.2) is 0 Å². The van der Waals surface area contributed by atoms with Crippen molar-refractivity contribution in [3.05, 3.63) is 36.3 Å². The molecule has 0 spiro atoms. The van der Waals surface area contributed by atoms with Crippen molar-refractivity contribution in [2.45, 2.75) is 19.8 Å². The molecule has 2 aromatic rings. The van der Waals surface area contributed by atoms with E-state index in [0.717, 1.165) is 24.0 Å². The Morgan fingerprint density at radius 2 is 2.28 bits per heavy atom. The van der Waals surface area contributed by atoms with Gasteiger partial charge in [-0.2, -0.15) is 0 Å². The van der Waals surface area contributed by atoms with Crippen LogP contribution in [0, 0.1) is 18.7 Å². The predicted molar refractivity (Wildman–Crippen MR) is 67.1 cm³/mol. The van der Waals surface area contributed by atoms with Gasteiger partial charge in [-0.05, 0) is 31.7 Å². The van der Waals surface area contributed by atoms with E-state index in [1.54, 1.807) is 6.20 Å². The van der Waals surface area contributed by atoms with Crippen LogP contribution < -0.4 is 5.43 Å². The van der Waals surface area contributed by atoms with Gasteiger partial charge in [-0.1, -0.05) is 0 Å². The summed E-state index contributed by atoms with van der Waals surface area (Å²) in [6.45, 7) is 2.90. The van der Waals surface area contributed by atoms with Crippen LogP contribution in [0.3, 0.4) is 0 Å². The second-order valence-corrected chi connectivity index (χ2v) is 4.74. The van der Waals surface area contributed by atoms with Crippen LogP contribution >= 0.6 is 0 Å². The Labute approximate surface area is 105 Å². The lowest BCUT2D eigenvalue weighted by atomic mass is 10.2. The Bertz CT molecular complexity index is 560. The standard InChI is InChI=1S/C13H15FN4/c1-9-17-13(11-4-12(14)7-15-6-11)8-18(9)16-5-10-2-3-10/h4,6-8,10,16H,2-3,5H2,1H3. The van der Waals surface area contributed by atoms with Gasteiger partial charge < -0.3 is 5.43 Å². The third kappa shape index (κ3) is 2.34. The SMILES string of the molecule is Cc1nc(-c2cncc(F)c2)cn1NCC1CC1. The molecule has 94 valence electrons. The van der Waals surface area contributed by atoms with E-state index in [4.69, 9.17) is 0 Å². The van der Waals surface area contributed by atoms with Crippen molar-refractivity contribution in [2.75, 3.05) is 12.0 Å². The molecule has 0 bridgehead atoms. The average Bonchev–Trinajstić information content (AvgIpc) is 3.10. The normalized spacial score (nSPS) is 14.8. The molecule has 0 radical (unpaired) electrons. The van der Waals surface area contributed by atoms with Gasteiger partial charge in [-0.3, -0.25) is 9.66 Å². The molecule has 0 saturated heterocycles. The molecule has 0 aromatic carbocycles. The van der Waals surface area contributed by atoms with Gasteiger partial charge >= 0.3 is 0 Å². The van der Waals surface area contributed by atoms with Crippen LogP contribution in [0.2, 0.25) is 0 Å². The summed E-state index contributed by atoms with van der Waals surface area (Å²) in [5.41, 5.74) is 4.76. The van der Waals surface area contributed by atoms with Gasteiger partial charge in [-0.25, -0.2) is 9.37 Å². The van der Waals surface area contributed by atoms with Crippen LogP contribution in [0.25, 0.3) is 11.3 Å². The van der Waals surface area contributed by atoms with Gasteiger partial charge in [0.25, 0.3) is 0 Å². The smallest absolute Gasteiger partial charge is 0.142 e. The van der Waals surface area contributed by atoms with Crippen LogP contribution in [0.4, 0.5) is 4.39 Å². The molecule has 2 aromatic heterocycles. The average molecular weight is 246 g/mol. The minimum absolute atomic E-state index is 0.342. The van der Waals surface area contributed by atoms with E-state index in [-0.39, 0.29) is 5.82 Å². The highest BCUT2D eigenvalue weighted by molar-refractivity contribution is 5.57. The molecule has 2 heterocycles. The molecule has 0 amide bonds. The van der Waals surface area contributed by atoms with E-state index in [0.29, 0.717) is 5.56 Å². The summed E-state index contributed by atoms with van der Waals surface area (Å²) in [6, 6.07) is 1.44. The van der Waals surface area contributed by atoms with Crippen molar-refractivity contribution < 1.29 is 4.39 Å². The number of hydrogen-bond donors (Lipinski definition) is 1. The number of nitrogens with zero attached hydrogens (tertiary/aromatic N) is 3. The topological polar surface area (TPSA) is 42.7 Å². The van der Waals surface area contributed by atoms with Gasteiger partial charge in [0.2, 0.25) is 0 Å². The largest absolute Gasteiger partial charge is 0.324 e. The number of rotatable bonds is 4. The molecule has 0 unspecified atom stereocenters. The quantitative estimate of drug-likeness (QED) is 0.900. The van der Waals surface area contributed by atoms with Crippen LogP contribution in [-0.2, 0) is 0 Å². The first kappa shape index (κ1) is 11.2. The zero-order valence-corrected chi connectivity index (χ0v) is 10.2. The van der Waals surface area contributed by atoms with Crippen LogP contribution in [0.1, 0.15) is 18.7 Å². The van der Waals surface area contributed by atoms with Crippen molar-refractivity contribution in [3.63, 3.8) is 0 Å². The molecule has 1 N–H and O–H groups in total. The van der Waals surface area contributed by atoms with Crippen molar-refractivity contribution >= 4 is 0 Å². The second-order valence-electron chi connectivity index (χ2n) is 4.74. The van der Waals surface area contributed by atoms with Crippen LogP contribution in [-0.4, -0.2) is 21.2 Å². The lowest BCUT2D eigenvalue weighted by Gasteiger charge is -2.06. The van der Waals surface area contributed by atoms with E-state index in [2.05, 4.69) is 15.4 Å². The van der Waals surface area contributed by atoms with E-state index < -0.39 is 0 Å². The Hall–Kier alpha value is -1.91. The zero-order chi connectivity index (χ0) is 12.5. The number of halogens is 1. The fourth-order valence-electron chi connectivity index (χ4n) is 1.87. The summed E-state index contributed by atoms with van der Waals surface area (Å²) in [5, 5.41) is 0. The molecule has 0 aliphatic heterocycles. The Morgan fingerprint density at radius 1 is 1.44 bits per heavy atom. The Balaban J connectivity index is 1.82. The molecule has 1 saturated carbocycles. The van der Waals surface area contributed by atoms with E-state index in [9.17, 15) is 4.39 Å². The third-order valence-corrected chi connectivity index (χ3v) is 3.13. The Kier molecular flexibility index (Phi) is 2.74. The summed E-state index contributed by atoms with van der Waals surface area (Å²) >= 11 is 0. The number of aromatic nitrogens is 3. The molecular formula is C13H15FN4. The van der Waals surface area contributed by atoms with E-state index in [1.807, 2.05) is 17.8 Å². The van der Waals surface area contributed by atoms with Crippen LogP contribution in [0.5, 0.6) is 0 Å². The summed E-state index contributed by atoms with van der Waals surface area (Å²) in [4.78, 5) is 8.25. The highest BCUT2D eigenvalue weighted by atomic mass is 19.1. The monoisotopic (exact) mass is 246 g/mol. The number of imidazole rings is 1. The van der Waals surface area contributed by atoms with Crippen molar-refractivity contribution in [2.24, 2.45) is 5.92 Å². The molecule has 3 rings (SSSR count). The number of pyridine rings is 1. The summed E-state index contributed by atoms with van der Waals surface area (Å²) < 4.78 is 15.0. The van der Waals surface area contributed by atoms with E-state index in [1.165, 1.54) is 25.1 Å². The lowest BCUT2D eigenvalue weighted by Crippen LogP contribution is -2.17. The van der Waals surface area contributed by atoms with Gasteiger partial charge in [0.05, 0.1) is 18.1 Å². The predicted octanol–water partition coefficient (Wildman–Crippen LogP) is 2.35.